The number of rotatable bonds is 4. The molecule has 2 atom stereocenters. The van der Waals surface area contributed by atoms with Crippen molar-refractivity contribution in [2.45, 2.75) is 12.8 Å². The van der Waals surface area contributed by atoms with Gasteiger partial charge in [-0.1, -0.05) is 24.8 Å². The molecule has 2 unspecified atom stereocenters. The van der Waals surface area contributed by atoms with E-state index in [9.17, 15) is 14.7 Å². The van der Waals surface area contributed by atoms with Gasteiger partial charge in [-0.25, -0.2) is 0 Å². The summed E-state index contributed by atoms with van der Waals surface area (Å²) >= 11 is 0. The van der Waals surface area contributed by atoms with Crippen LogP contribution in [-0.2, 0) is 14.3 Å². The van der Waals surface area contributed by atoms with Crippen LogP contribution < -0.4 is 5.11 Å². The molecule has 1 aliphatic carbocycles. The lowest BCUT2D eigenvalue weighted by molar-refractivity contribution is -0.313. The van der Waals surface area contributed by atoms with Crippen molar-refractivity contribution in [2.75, 3.05) is 6.61 Å². The number of aliphatic carboxylic acids is 1. The molecule has 1 rings (SSSR count). The highest BCUT2D eigenvalue weighted by molar-refractivity contribution is 5.82. The molecule has 82 valence electrons. The fourth-order valence-electron chi connectivity index (χ4n) is 1.58. The Hall–Kier alpha value is -1.58. The molecule has 15 heavy (non-hydrogen) atoms. The number of carbonyl (C=O) groups excluding carboxylic acids is 2. The van der Waals surface area contributed by atoms with Crippen molar-refractivity contribution in [3.8, 4) is 0 Å². The van der Waals surface area contributed by atoms with Gasteiger partial charge in [0.15, 0.2) is 0 Å². The molecule has 0 fully saturated rings. The molecule has 4 heteroatoms. The van der Waals surface area contributed by atoms with E-state index in [-0.39, 0.29) is 6.61 Å². The minimum atomic E-state index is -1.19. The SMILES string of the molecule is C=CCOC(=O)C1C=CCCC1C(=O)[O-]. The number of allylic oxidation sites excluding steroid dienone is 1. The van der Waals surface area contributed by atoms with Gasteiger partial charge < -0.3 is 14.6 Å². The Kier molecular flexibility index (Phi) is 4.09. The van der Waals surface area contributed by atoms with Crippen molar-refractivity contribution in [1.29, 1.82) is 0 Å². The van der Waals surface area contributed by atoms with Gasteiger partial charge in [-0.15, -0.1) is 0 Å². The zero-order chi connectivity index (χ0) is 11.3. The Morgan fingerprint density at radius 2 is 2.33 bits per heavy atom. The van der Waals surface area contributed by atoms with E-state index in [0.29, 0.717) is 12.8 Å². The van der Waals surface area contributed by atoms with E-state index in [4.69, 9.17) is 4.74 Å². The molecule has 0 saturated carbocycles. The monoisotopic (exact) mass is 209 g/mol. The third-order valence-electron chi connectivity index (χ3n) is 2.34. The molecule has 4 nitrogen and oxygen atoms in total. The molecule has 0 amide bonds. The van der Waals surface area contributed by atoms with Crippen LogP contribution in [0.3, 0.4) is 0 Å². The molecule has 0 aromatic rings. The molecule has 0 bridgehead atoms. The average molecular weight is 209 g/mol. The summed E-state index contributed by atoms with van der Waals surface area (Å²) in [6.45, 7) is 3.51. The maximum atomic E-state index is 11.5. The second-order valence-corrected chi connectivity index (χ2v) is 3.38. The van der Waals surface area contributed by atoms with Crippen molar-refractivity contribution in [3.05, 3.63) is 24.8 Å². The fourth-order valence-corrected chi connectivity index (χ4v) is 1.58. The standard InChI is InChI=1S/C11H14O4/c1-2-7-15-11(14)9-6-4-3-5-8(9)10(12)13/h2,4,6,8-9H,1,3,5,7H2,(H,12,13)/p-1. The smallest absolute Gasteiger partial charge is 0.313 e. The van der Waals surface area contributed by atoms with Gasteiger partial charge in [0.25, 0.3) is 0 Å². The number of carbonyl (C=O) groups is 2. The van der Waals surface area contributed by atoms with Crippen LogP contribution in [0.1, 0.15) is 12.8 Å². The van der Waals surface area contributed by atoms with Crippen LogP contribution in [0, 0.1) is 11.8 Å². The maximum absolute atomic E-state index is 11.5. The number of carboxylic acids is 1. The van der Waals surface area contributed by atoms with E-state index in [2.05, 4.69) is 6.58 Å². The van der Waals surface area contributed by atoms with Crippen LogP contribution in [0.4, 0.5) is 0 Å². The zero-order valence-electron chi connectivity index (χ0n) is 8.35. The Morgan fingerprint density at radius 1 is 1.60 bits per heavy atom. The highest BCUT2D eigenvalue weighted by Crippen LogP contribution is 2.25. The predicted molar refractivity (Wildman–Crippen MR) is 51.5 cm³/mol. The zero-order valence-corrected chi connectivity index (χ0v) is 8.35. The number of carboxylic acid groups (broad SMARTS) is 1. The van der Waals surface area contributed by atoms with Gasteiger partial charge in [0.05, 0.1) is 5.92 Å². The minimum Gasteiger partial charge on any atom is -0.550 e. The average Bonchev–Trinajstić information content (AvgIpc) is 2.25. The molecule has 0 saturated heterocycles. The first kappa shape index (κ1) is 11.5. The highest BCUT2D eigenvalue weighted by Gasteiger charge is 2.29. The van der Waals surface area contributed by atoms with Crippen molar-refractivity contribution in [1.82, 2.24) is 0 Å². The third kappa shape index (κ3) is 2.94. The molecule has 0 spiro atoms. The summed E-state index contributed by atoms with van der Waals surface area (Å²) in [5.41, 5.74) is 0. The van der Waals surface area contributed by atoms with Crippen LogP contribution >= 0.6 is 0 Å². The van der Waals surface area contributed by atoms with Gasteiger partial charge in [0.2, 0.25) is 0 Å². The molecule has 0 aliphatic heterocycles. The summed E-state index contributed by atoms with van der Waals surface area (Å²) in [7, 11) is 0. The molecule has 0 N–H and O–H groups in total. The lowest BCUT2D eigenvalue weighted by Crippen LogP contribution is -2.39. The third-order valence-corrected chi connectivity index (χ3v) is 2.34. The quantitative estimate of drug-likeness (QED) is 0.484. The van der Waals surface area contributed by atoms with Crippen molar-refractivity contribution >= 4 is 11.9 Å². The predicted octanol–water partition coefficient (Wildman–Crippen LogP) is 0.0479. The maximum Gasteiger partial charge on any atom is 0.313 e. The first-order chi connectivity index (χ1) is 7.16. The van der Waals surface area contributed by atoms with Crippen LogP contribution in [0.25, 0.3) is 0 Å². The second-order valence-electron chi connectivity index (χ2n) is 3.38. The van der Waals surface area contributed by atoms with E-state index in [1.165, 1.54) is 6.08 Å². The normalized spacial score (nSPS) is 24.5. The van der Waals surface area contributed by atoms with E-state index in [0.717, 1.165) is 0 Å². The van der Waals surface area contributed by atoms with E-state index < -0.39 is 23.8 Å². The fraction of sp³-hybridized carbons (Fsp3) is 0.455. The molecule has 0 aromatic carbocycles. The van der Waals surface area contributed by atoms with Gasteiger partial charge in [-0.3, -0.25) is 4.79 Å². The van der Waals surface area contributed by atoms with Crippen molar-refractivity contribution in [3.63, 3.8) is 0 Å². The lowest BCUT2D eigenvalue weighted by atomic mass is 9.84. The number of esters is 1. The molecule has 0 radical (unpaired) electrons. The number of ether oxygens (including phenoxy) is 1. The van der Waals surface area contributed by atoms with Gasteiger partial charge in [-0.05, 0) is 12.8 Å². The number of hydrogen-bond donors (Lipinski definition) is 0. The molecular formula is C11H13O4-. The van der Waals surface area contributed by atoms with Gasteiger partial charge >= 0.3 is 5.97 Å². The summed E-state index contributed by atoms with van der Waals surface area (Å²) in [5.74, 6) is -3.21. The van der Waals surface area contributed by atoms with Crippen LogP contribution in [0.5, 0.6) is 0 Å². The van der Waals surface area contributed by atoms with Gasteiger partial charge in [-0.2, -0.15) is 0 Å². The Bertz CT molecular complexity index is 293. The summed E-state index contributed by atoms with van der Waals surface area (Å²) in [4.78, 5) is 22.2. The van der Waals surface area contributed by atoms with Gasteiger partial charge in [0.1, 0.15) is 6.61 Å². The first-order valence-corrected chi connectivity index (χ1v) is 4.82. The number of hydrogen-bond acceptors (Lipinski definition) is 4. The van der Waals surface area contributed by atoms with E-state index in [1.807, 2.05) is 0 Å². The summed E-state index contributed by atoms with van der Waals surface area (Å²) in [6.07, 6.45) is 5.89. The van der Waals surface area contributed by atoms with Crippen LogP contribution in [-0.4, -0.2) is 18.5 Å². The largest absolute Gasteiger partial charge is 0.550 e. The van der Waals surface area contributed by atoms with Crippen LogP contribution in [0.2, 0.25) is 0 Å². The minimum absolute atomic E-state index is 0.100. The van der Waals surface area contributed by atoms with Crippen LogP contribution in [0.15, 0.2) is 24.8 Å². The second kappa shape index (κ2) is 5.34. The Balaban J connectivity index is 2.67. The molecule has 0 heterocycles. The van der Waals surface area contributed by atoms with Gasteiger partial charge in [0, 0.05) is 11.9 Å². The summed E-state index contributed by atoms with van der Waals surface area (Å²) < 4.78 is 4.81. The Morgan fingerprint density at radius 3 is 2.93 bits per heavy atom. The molecular weight excluding hydrogens is 196 g/mol. The topological polar surface area (TPSA) is 66.4 Å². The lowest BCUT2D eigenvalue weighted by Gasteiger charge is -2.26. The molecule has 0 aromatic heterocycles. The Labute approximate surface area is 88.2 Å². The summed E-state index contributed by atoms with van der Waals surface area (Å²) in [6, 6.07) is 0. The molecule has 1 aliphatic rings. The first-order valence-electron chi connectivity index (χ1n) is 4.82. The van der Waals surface area contributed by atoms with Crippen molar-refractivity contribution < 1.29 is 19.4 Å². The highest BCUT2D eigenvalue weighted by atomic mass is 16.5. The van der Waals surface area contributed by atoms with E-state index >= 15 is 0 Å². The summed E-state index contributed by atoms with van der Waals surface area (Å²) in [5, 5.41) is 10.8. The van der Waals surface area contributed by atoms with E-state index in [1.54, 1.807) is 12.2 Å². The van der Waals surface area contributed by atoms with Crippen molar-refractivity contribution in [2.24, 2.45) is 11.8 Å².